The van der Waals surface area contributed by atoms with Crippen molar-refractivity contribution in [1.29, 1.82) is 0 Å². The Morgan fingerprint density at radius 1 is 1.21 bits per heavy atom. The number of fused-ring (bicyclic) bond motifs is 3. The molecule has 1 aromatic carbocycles. The van der Waals surface area contributed by atoms with Gasteiger partial charge in [-0.05, 0) is 37.2 Å². The van der Waals surface area contributed by atoms with E-state index >= 15 is 0 Å². The smallest absolute Gasteiger partial charge is 0.150 e. The van der Waals surface area contributed by atoms with Crippen LogP contribution in [0.4, 0.5) is 5.82 Å². The van der Waals surface area contributed by atoms with Crippen molar-refractivity contribution in [3.8, 4) is 0 Å². The summed E-state index contributed by atoms with van der Waals surface area (Å²) >= 11 is 0. The van der Waals surface area contributed by atoms with E-state index in [-0.39, 0.29) is 0 Å². The van der Waals surface area contributed by atoms with Crippen LogP contribution in [-0.4, -0.2) is 17.0 Å². The molecule has 0 unspecified atom stereocenters. The third kappa shape index (κ3) is 2.00. The lowest BCUT2D eigenvalue weighted by molar-refractivity contribution is 0.815. The maximum atomic E-state index is 6.01. The standard InChI is InChI=1S/C15H16N4/c1-9-3-4-11-12-6-10(7-17-2)8-18-14(12)15(16)19-13(11)5-9/h3-6,8,17H,7H2,1-2H3,(H2,16,19). The van der Waals surface area contributed by atoms with E-state index < -0.39 is 0 Å². The Balaban J connectivity index is 2.39. The summed E-state index contributed by atoms with van der Waals surface area (Å²) in [5, 5.41) is 5.30. The molecular weight excluding hydrogens is 236 g/mol. The van der Waals surface area contributed by atoms with Crippen LogP contribution >= 0.6 is 0 Å². The Morgan fingerprint density at radius 3 is 2.84 bits per heavy atom. The van der Waals surface area contributed by atoms with Crippen LogP contribution < -0.4 is 11.1 Å². The number of anilines is 1. The second-order valence-corrected chi connectivity index (χ2v) is 4.79. The number of nitrogens with two attached hydrogens (primary N) is 1. The lowest BCUT2D eigenvalue weighted by Crippen LogP contribution is -2.05. The highest BCUT2D eigenvalue weighted by atomic mass is 14.9. The van der Waals surface area contributed by atoms with E-state index in [1.807, 2.05) is 13.2 Å². The molecule has 3 rings (SSSR count). The maximum absolute atomic E-state index is 6.01. The van der Waals surface area contributed by atoms with Crippen molar-refractivity contribution in [3.63, 3.8) is 0 Å². The first-order valence-corrected chi connectivity index (χ1v) is 6.28. The molecule has 0 bridgehead atoms. The number of aromatic nitrogens is 2. The number of hydrogen-bond donors (Lipinski definition) is 2. The van der Waals surface area contributed by atoms with Crippen LogP contribution in [0.1, 0.15) is 11.1 Å². The van der Waals surface area contributed by atoms with Gasteiger partial charge in [-0.25, -0.2) is 4.98 Å². The molecule has 0 saturated heterocycles. The van der Waals surface area contributed by atoms with Crippen molar-refractivity contribution >= 4 is 27.6 Å². The average Bonchev–Trinajstić information content (AvgIpc) is 2.38. The van der Waals surface area contributed by atoms with Crippen molar-refractivity contribution < 1.29 is 0 Å². The summed E-state index contributed by atoms with van der Waals surface area (Å²) in [7, 11) is 1.92. The highest BCUT2D eigenvalue weighted by Crippen LogP contribution is 2.27. The molecule has 0 radical (unpaired) electrons. The minimum atomic E-state index is 0.490. The van der Waals surface area contributed by atoms with Gasteiger partial charge in [0.2, 0.25) is 0 Å². The molecule has 4 heteroatoms. The van der Waals surface area contributed by atoms with E-state index in [9.17, 15) is 0 Å². The minimum absolute atomic E-state index is 0.490. The summed E-state index contributed by atoms with van der Waals surface area (Å²) < 4.78 is 0. The number of pyridine rings is 2. The molecule has 0 fully saturated rings. The Kier molecular flexibility index (Phi) is 2.80. The van der Waals surface area contributed by atoms with Gasteiger partial charge in [0.1, 0.15) is 5.52 Å². The van der Waals surface area contributed by atoms with Crippen molar-refractivity contribution in [2.24, 2.45) is 0 Å². The Bertz CT molecular complexity index is 765. The lowest BCUT2D eigenvalue weighted by Gasteiger charge is -2.08. The van der Waals surface area contributed by atoms with Gasteiger partial charge >= 0.3 is 0 Å². The van der Waals surface area contributed by atoms with Gasteiger partial charge in [0.05, 0.1) is 5.52 Å². The minimum Gasteiger partial charge on any atom is -0.382 e. The fraction of sp³-hybridized carbons (Fsp3) is 0.200. The van der Waals surface area contributed by atoms with Gasteiger partial charge in [-0.1, -0.05) is 12.1 Å². The predicted octanol–water partition coefficient (Wildman–Crippen LogP) is 2.39. The van der Waals surface area contributed by atoms with Gasteiger partial charge in [0.25, 0.3) is 0 Å². The van der Waals surface area contributed by atoms with Crippen molar-refractivity contribution in [3.05, 3.63) is 41.6 Å². The van der Waals surface area contributed by atoms with Crippen LogP contribution in [0.25, 0.3) is 21.8 Å². The number of benzene rings is 1. The zero-order valence-corrected chi connectivity index (χ0v) is 11.1. The maximum Gasteiger partial charge on any atom is 0.150 e. The molecule has 0 atom stereocenters. The lowest BCUT2D eigenvalue weighted by atomic mass is 10.1. The first kappa shape index (κ1) is 11.9. The van der Waals surface area contributed by atoms with Crippen molar-refractivity contribution in [2.45, 2.75) is 13.5 Å². The van der Waals surface area contributed by atoms with Crippen LogP contribution in [0.2, 0.25) is 0 Å². The van der Waals surface area contributed by atoms with Gasteiger partial charge in [-0.15, -0.1) is 0 Å². The number of nitrogens with one attached hydrogen (secondary N) is 1. The molecule has 0 aliphatic carbocycles. The predicted molar refractivity (Wildman–Crippen MR) is 79.0 cm³/mol. The fourth-order valence-electron chi connectivity index (χ4n) is 2.36. The first-order chi connectivity index (χ1) is 9.19. The zero-order valence-electron chi connectivity index (χ0n) is 11.1. The van der Waals surface area contributed by atoms with E-state index in [4.69, 9.17) is 5.73 Å². The quantitative estimate of drug-likeness (QED) is 0.687. The SMILES string of the molecule is CNCc1cnc2c(N)nc3cc(C)ccc3c2c1. The van der Waals surface area contributed by atoms with Gasteiger partial charge < -0.3 is 11.1 Å². The molecule has 3 aromatic rings. The van der Waals surface area contributed by atoms with Gasteiger partial charge in [-0.3, -0.25) is 4.98 Å². The highest BCUT2D eigenvalue weighted by Gasteiger charge is 2.08. The third-order valence-electron chi connectivity index (χ3n) is 3.25. The van der Waals surface area contributed by atoms with Crippen LogP contribution in [-0.2, 0) is 6.54 Å². The number of hydrogen-bond acceptors (Lipinski definition) is 4. The fourth-order valence-corrected chi connectivity index (χ4v) is 2.36. The van der Waals surface area contributed by atoms with E-state index in [0.29, 0.717) is 5.82 Å². The summed E-state index contributed by atoms with van der Waals surface area (Å²) in [6.45, 7) is 2.84. The Labute approximate surface area is 111 Å². The normalized spacial score (nSPS) is 11.3. The van der Waals surface area contributed by atoms with Crippen LogP contribution in [0, 0.1) is 6.92 Å². The second-order valence-electron chi connectivity index (χ2n) is 4.79. The molecule has 0 saturated carbocycles. The molecule has 96 valence electrons. The molecule has 4 nitrogen and oxygen atoms in total. The molecule has 2 aromatic heterocycles. The largest absolute Gasteiger partial charge is 0.382 e. The Hall–Kier alpha value is -2.20. The monoisotopic (exact) mass is 252 g/mol. The number of nitrogens with zero attached hydrogens (tertiary/aromatic N) is 2. The molecule has 0 amide bonds. The molecule has 0 aliphatic rings. The van der Waals surface area contributed by atoms with Crippen LogP contribution in [0.5, 0.6) is 0 Å². The summed E-state index contributed by atoms with van der Waals surface area (Å²) in [5.41, 5.74) is 10.0. The molecule has 0 aliphatic heterocycles. The average molecular weight is 252 g/mol. The van der Waals surface area contributed by atoms with Crippen molar-refractivity contribution in [1.82, 2.24) is 15.3 Å². The van der Waals surface area contributed by atoms with E-state index in [0.717, 1.165) is 33.9 Å². The molecular formula is C15H16N4. The van der Waals surface area contributed by atoms with E-state index in [1.54, 1.807) is 0 Å². The first-order valence-electron chi connectivity index (χ1n) is 6.28. The molecule has 2 heterocycles. The topological polar surface area (TPSA) is 63.8 Å². The van der Waals surface area contributed by atoms with Gasteiger partial charge in [-0.2, -0.15) is 0 Å². The number of rotatable bonds is 2. The van der Waals surface area contributed by atoms with Crippen LogP contribution in [0.3, 0.4) is 0 Å². The van der Waals surface area contributed by atoms with E-state index in [2.05, 4.69) is 46.5 Å². The summed E-state index contributed by atoms with van der Waals surface area (Å²) in [4.78, 5) is 8.88. The number of aryl methyl sites for hydroxylation is 1. The molecule has 0 spiro atoms. The van der Waals surface area contributed by atoms with Gasteiger partial charge in [0.15, 0.2) is 5.82 Å². The van der Waals surface area contributed by atoms with Crippen LogP contribution in [0.15, 0.2) is 30.5 Å². The summed E-state index contributed by atoms with van der Waals surface area (Å²) in [5.74, 6) is 0.490. The zero-order chi connectivity index (χ0) is 13.4. The number of nitrogen functional groups attached to an aromatic ring is 1. The van der Waals surface area contributed by atoms with Gasteiger partial charge in [0, 0.05) is 23.5 Å². The Morgan fingerprint density at radius 2 is 2.05 bits per heavy atom. The van der Waals surface area contributed by atoms with Crippen molar-refractivity contribution in [2.75, 3.05) is 12.8 Å². The van der Waals surface area contributed by atoms with E-state index in [1.165, 1.54) is 5.56 Å². The summed E-state index contributed by atoms with van der Waals surface area (Å²) in [6, 6.07) is 8.36. The summed E-state index contributed by atoms with van der Waals surface area (Å²) in [6.07, 6.45) is 1.84. The third-order valence-corrected chi connectivity index (χ3v) is 3.25. The molecule has 19 heavy (non-hydrogen) atoms. The molecule has 3 N–H and O–H groups in total. The highest BCUT2D eigenvalue weighted by molar-refractivity contribution is 6.08. The second kappa shape index (κ2) is 4.48.